The molecule has 2 aliphatic rings. The monoisotopic (exact) mass is 407 g/mol. The largest absolute Gasteiger partial charge is 0.351 e. The van der Waals surface area contributed by atoms with Gasteiger partial charge in [-0.2, -0.15) is 0 Å². The van der Waals surface area contributed by atoms with Crippen molar-refractivity contribution in [1.29, 1.82) is 0 Å². The van der Waals surface area contributed by atoms with Crippen LogP contribution in [0.5, 0.6) is 0 Å². The molecule has 0 saturated carbocycles. The van der Waals surface area contributed by atoms with Crippen molar-refractivity contribution in [2.24, 2.45) is 5.92 Å². The van der Waals surface area contributed by atoms with Crippen LogP contribution in [0.3, 0.4) is 0 Å². The number of carbonyl (C=O) groups is 2. The zero-order valence-corrected chi connectivity index (χ0v) is 17.5. The van der Waals surface area contributed by atoms with Gasteiger partial charge in [0, 0.05) is 51.9 Å². The summed E-state index contributed by atoms with van der Waals surface area (Å²) in [7, 11) is 0. The molecule has 0 atom stereocenters. The third kappa shape index (κ3) is 5.02. The van der Waals surface area contributed by atoms with Crippen molar-refractivity contribution in [3.05, 3.63) is 59.2 Å². The molecular formula is C23H29N5O2. The van der Waals surface area contributed by atoms with E-state index in [4.69, 9.17) is 0 Å². The molecule has 3 heterocycles. The maximum atomic E-state index is 12.5. The van der Waals surface area contributed by atoms with Crippen LogP contribution >= 0.6 is 0 Å². The molecule has 0 bridgehead atoms. The van der Waals surface area contributed by atoms with Gasteiger partial charge < -0.3 is 10.2 Å². The summed E-state index contributed by atoms with van der Waals surface area (Å²) in [5, 5.41) is 2.98. The van der Waals surface area contributed by atoms with Gasteiger partial charge in [0.1, 0.15) is 12.0 Å². The summed E-state index contributed by atoms with van der Waals surface area (Å²) in [6, 6.07) is 10.4. The van der Waals surface area contributed by atoms with E-state index in [1.807, 2.05) is 4.90 Å². The molecule has 0 unspecified atom stereocenters. The van der Waals surface area contributed by atoms with Crippen molar-refractivity contribution in [3.8, 4) is 0 Å². The van der Waals surface area contributed by atoms with Gasteiger partial charge in [0.2, 0.25) is 5.91 Å². The van der Waals surface area contributed by atoms with E-state index in [9.17, 15) is 9.59 Å². The average Bonchev–Trinajstić information content (AvgIpc) is 2.73. The van der Waals surface area contributed by atoms with E-state index in [2.05, 4.69) is 44.5 Å². The van der Waals surface area contributed by atoms with Crippen LogP contribution in [-0.4, -0.2) is 64.3 Å². The molecule has 2 aromatic rings. The van der Waals surface area contributed by atoms with Gasteiger partial charge >= 0.3 is 0 Å². The molecule has 0 spiro atoms. The van der Waals surface area contributed by atoms with Crippen molar-refractivity contribution in [2.45, 2.75) is 32.7 Å². The van der Waals surface area contributed by atoms with E-state index >= 15 is 0 Å². The minimum absolute atomic E-state index is 0.114. The Bertz CT molecular complexity index is 910. The molecule has 30 heavy (non-hydrogen) atoms. The lowest BCUT2D eigenvalue weighted by atomic mass is 9.94. The molecule has 1 saturated heterocycles. The highest BCUT2D eigenvalue weighted by atomic mass is 16.2. The minimum atomic E-state index is -0.151. The second kappa shape index (κ2) is 9.34. The highest BCUT2D eigenvalue weighted by molar-refractivity contribution is 5.92. The minimum Gasteiger partial charge on any atom is -0.351 e. The molecule has 158 valence electrons. The standard InChI is InChI=1S/C23H29N5O2/c1-17(29)28-13-18(14-28)11-21-12-22(26-16-25-21)23(30)24-8-4-9-27-10-7-19-5-2-3-6-20(19)15-27/h2-3,5-6,12,16,18H,4,7-11,13-15H2,1H3,(H,24,30). The zero-order valence-electron chi connectivity index (χ0n) is 17.5. The smallest absolute Gasteiger partial charge is 0.270 e. The van der Waals surface area contributed by atoms with Crippen LogP contribution in [0, 0.1) is 5.92 Å². The van der Waals surface area contributed by atoms with Crippen LogP contribution in [-0.2, 0) is 24.2 Å². The number of fused-ring (bicyclic) bond motifs is 1. The van der Waals surface area contributed by atoms with Crippen molar-refractivity contribution in [3.63, 3.8) is 0 Å². The Labute approximate surface area is 177 Å². The summed E-state index contributed by atoms with van der Waals surface area (Å²) in [6.07, 6.45) is 4.23. The van der Waals surface area contributed by atoms with Crippen molar-refractivity contribution < 1.29 is 9.59 Å². The molecule has 1 aromatic heterocycles. The van der Waals surface area contributed by atoms with Crippen LogP contribution < -0.4 is 5.32 Å². The van der Waals surface area contributed by atoms with Gasteiger partial charge in [-0.3, -0.25) is 14.5 Å². The number of hydrogen-bond donors (Lipinski definition) is 1. The van der Waals surface area contributed by atoms with Gasteiger partial charge in [0.05, 0.1) is 0 Å². The van der Waals surface area contributed by atoms with Crippen LogP contribution in [0.25, 0.3) is 0 Å². The number of hydrogen-bond acceptors (Lipinski definition) is 5. The summed E-state index contributed by atoms with van der Waals surface area (Å²) >= 11 is 0. The molecule has 2 aliphatic heterocycles. The highest BCUT2D eigenvalue weighted by Crippen LogP contribution is 2.20. The number of aromatic nitrogens is 2. The predicted octanol–water partition coefficient (Wildman–Crippen LogP) is 1.68. The van der Waals surface area contributed by atoms with E-state index in [1.54, 1.807) is 13.0 Å². The van der Waals surface area contributed by atoms with Gasteiger partial charge in [-0.15, -0.1) is 0 Å². The normalized spacial score (nSPS) is 16.6. The Morgan fingerprint density at radius 3 is 2.77 bits per heavy atom. The fourth-order valence-corrected chi connectivity index (χ4v) is 4.23. The lowest BCUT2D eigenvalue weighted by Crippen LogP contribution is -2.49. The molecular weight excluding hydrogens is 378 g/mol. The van der Waals surface area contributed by atoms with E-state index in [1.165, 1.54) is 17.5 Å². The van der Waals surface area contributed by atoms with Crippen molar-refractivity contribution >= 4 is 11.8 Å². The van der Waals surface area contributed by atoms with Crippen molar-refractivity contribution in [2.75, 3.05) is 32.7 Å². The quantitative estimate of drug-likeness (QED) is 0.707. The number of carbonyl (C=O) groups excluding carboxylic acids is 2. The van der Waals surface area contributed by atoms with E-state index < -0.39 is 0 Å². The van der Waals surface area contributed by atoms with Gasteiger partial charge in [-0.05, 0) is 42.4 Å². The van der Waals surface area contributed by atoms with E-state index in [-0.39, 0.29) is 11.8 Å². The third-order valence-corrected chi connectivity index (χ3v) is 6.00. The first-order chi connectivity index (χ1) is 14.6. The first-order valence-electron chi connectivity index (χ1n) is 10.7. The molecule has 7 heteroatoms. The van der Waals surface area contributed by atoms with Gasteiger partial charge in [-0.1, -0.05) is 24.3 Å². The molecule has 0 aliphatic carbocycles. The van der Waals surface area contributed by atoms with Gasteiger partial charge in [0.15, 0.2) is 0 Å². The number of nitrogens with zero attached hydrogens (tertiary/aromatic N) is 4. The topological polar surface area (TPSA) is 78.4 Å². The molecule has 1 N–H and O–H groups in total. The maximum Gasteiger partial charge on any atom is 0.270 e. The molecule has 0 radical (unpaired) electrons. The summed E-state index contributed by atoms with van der Waals surface area (Å²) in [4.78, 5) is 36.4. The number of likely N-dealkylation sites (tertiary alicyclic amines) is 1. The number of benzene rings is 1. The zero-order chi connectivity index (χ0) is 20.9. The first kappa shape index (κ1) is 20.5. The Morgan fingerprint density at radius 1 is 1.17 bits per heavy atom. The molecule has 1 aromatic carbocycles. The maximum absolute atomic E-state index is 12.5. The second-order valence-corrected chi connectivity index (χ2v) is 8.29. The number of amides is 2. The third-order valence-electron chi connectivity index (χ3n) is 6.00. The van der Waals surface area contributed by atoms with Crippen LogP contribution in [0.2, 0.25) is 0 Å². The van der Waals surface area contributed by atoms with Crippen LogP contribution in [0.15, 0.2) is 36.7 Å². The number of nitrogens with one attached hydrogen (secondary N) is 1. The SMILES string of the molecule is CC(=O)N1CC(Cc2cc(C(=O)NCCCN3CCc4ccccc4C3)ncn2)C1. The lowest BCUT2D eigenvalue weighted by Gasteiger charge is -2.38. The Balaban J connectivity index is 1.19. The number of rotatable bonds is 7. The van der Waals surface area contributed by atoms with Gasteiger partial charge in [0.25, 0.3) is 5.91 Å². The van der Waals surface area contributed by atoms with E-state index in [0.717, 1.165) is 57.7 Å². The average molecular weight is 408 g/mol. The van der Waals surface area contributed by atoms with Crippen LogP contribution in [0.4, 0.5) is 0 Å². The Hall–Kier alpha value is -2.80. The highest BCUT2D eigenvalue weighted by Gasteiger charge is 2.29. The summed E-state index contributed by atoms with van der Waals surface area (Å²) in [5.74, 6) is 0.374. The Kier molecular flexibility index (Phi) is 6.38. The summed E-state index contributed by atoms with van der Waals surface area (Å²) in [6.45, 7) is 6.78. The van der Waals surface area contributed by atoms with Crippen molar-refractivity contribution in [1.82, 2.24) is 25.1 Å². The molecule has 4 rings (SSSR count). The lowest BCUT2D eigenvalue weighted by molar-refractivity contribution is -0.134. The van der Waals surface area contributed by atoms with E-state index in [0.29, 0.717) is 18.2 Å². The fraction of sp³-hybridized carbons (Fsp3) is 0.478. The predicted molar refractivity (Wildman–Crippen MR) is 114 cm³/mol. The molecule has 2 amide bonds. The summed E-state index contributed by atoms with van der Waals surface area (Å²) < 4.78 is 0. The second-order valence-electron chi connectivity index (χ2n) is 8.29. The molecule has 1 fully saturated rings. The first-order valence-corrected chi connectivity index (χ1v) is 10.7. The summed E-state index contributed by atoms with van der Waals surface area (Å²) in [5.41, 5.74) is 4.14. The Morgan fingerprint density at radius 2 is 1.97 bits per heavy atom. The van der Waals surface area contributed by atoms with Gasteiger partial charge in [-0.25, -0.2) is 9.97 Å². The fourth-order valence-electron chi connectivity index (χ4n) is 4.23. The van der Waals surface area contributed by atoms with Crippen LogP contribution in [0.1, 0.15) is 40.7 Å². The molecule has 7 nitrogen and oxygen atoms in total.